The monoisotopic (exact) mass is 290 g/mol. The van der Waals surface area contributed by atoms with Gasteiger partial charge in [-0.2, -0.15) is 0 Å². The molecule has 21 heavy (non-hydrogen) atoms. The van der Waals surface area contributed by atoms with Crippen molar-refractivity contribution >= 4 is 5.69 Å². The third-order valence-corrected chi connectivity index (χ3v) is 4.84. The summed E-state index contributed by atoms with van der Waals surface area (Å²) in [5.74, 6) is 0.787. The quantitative estimate of drug-likeness (QED) is 0.848. The van der Waals surface area contributed by atoms with Gasteiger partial charge in [0.15, 0.2) is 0 Å². The number of hydrogen-bond donors (Lipinski definition) is 1. The molecule has 0 spiro atoms. The van der Waals surface area contributed by atoms with Gasteiger partial charge in [0.1, 0.15) is 5.82 Å². The Kier molecular flexibility index (Phi) is 4.79. The number of nitrogens with zero attached hydrogens (tertiary/aromatic N) is 1. The predicted octanol–water partition coefficient (Wildman–Crippen LogP) is 4.09. The van der Waals surface area contributed by atoms with E-state index in [1.807, 2.05) is 6.07 Å². The maximum Gasteiger partial charge on any atom is 0.146 e. The van der Waals surface area contributed by atoms with Crippen molar-refractivity contribution in [1.82, 2.24) is 5.32 Å². The molecule has 0 atom stereocenters. The number of hydrogen-bond acceptors (Lipinski definition) is 2. The zero-order valence-corrected chi connectivity index (χ0v) is 13.1. The van der Waals surface area contributed by atoms with Crippen LogP contribution in [0.1, 0.15) is 51.0 Å². The van der Waals surface area contributed by atoms with Crippen LogP contribution in [0.15, 0.2) is 18.2 Å². The summed E-state index contributed by atoms with van der Waals surface area (Å²) in [6.45, 7) is 5.05. The van der Waals surface area contributed by atoms with Crippen molar-refractivity contribution in [2.75, 3.05) is 18.0 Å². The van der Waals surface area contributed by atoms with Crippen LogP contribution in [-0.4, -0.2) is 19.1 Å². The van der Waals surface area contributed by atoms with E-state index in [0.29, 0.717) is 6.04 Å². The van der Waals surface area contributed by atoms with Crippen LogP contribution < -0.4 is 10.2 Å². The van der Waals surface area contributed by atoms with Gasteiger partial charge in [-0.05, 0) is 49.3 Å². The molecule has 2 fully saturated rings. The maximum atomic E-state index is 14.4. The lowest BCUT2D eigenvalue weighted by Gasteiger charge is -2.33. The standard InChI is InChI=1S/C18H27FN2/c1-2-3-14-8-10-21(11-9-14)18-7-4-15(12-17(18)19)13-20-16-5-6-16/h4,7,12,14,16,20H,2-3,5-6,8-11,13H2,1H3. The number of nitrogens with one attached hydrogen (secondary N) is 1. The molecular weight excluding hydrogens is 263 g/mol. The first-order chi connectivity index (χ1) is 10.3. The van der Waals surface area contributed by atoms with Crippen LogP contribution in [0.25, 0.3) is 0 Å². The van der Waals surface area contributed by atoms with Crippen molar-refractivity contribution in [3.63, 3.8) is 0 Å². The predicted molar refractivity (Wildman–Crippen MR) is 86.1 cm³/mol. The lowest BCUT2D eigenvalue weighted by molar-refractivity contribution is 0.376. The van der Waals surface area contributed by atoms with Crippen molar-refractivity contribution in [3.8, 4) is 0 Å². The van der Waals surface area contributed by atoms with Gasteiger partial charge >= 0.3 is 0 Å². The van der Waals surface area contributed by atoms with Gasteiger partial charge in [-0.15, -0.1) is 0 Å². The van der Waals surface area contributed by atoms with Crippen LogP contribution in [0.3, 0.4) is 0 Å². The first-order valence-electron chi connectivity index (χ1n) is 8.53. The second-order valence-corrected chi connectivity index (χ2v) is 6.66. The van der Waals surface area contributed by atoms with Crippen LogP contribution in [0.5, 0.6) is 0 Å². The summed E-state index contributed by atoms with van der Waals surface area (Å²) < 4.78 is 14.4. The van der Waals surface area contributed by atoms with Gasteiger partial charge in [-0.1, -0.05) is 25.8 Å². The summed E-state index contributed by atoms with van der Waals surface area (Å²) in [6.07, 6.45) is 7.54. The summed E-state index contributed by atoms with van der Waals surface area (Å²) in [5, 5.41) is 3.44. The second kappa shape index (κ2) is 6.78. The molecule has 1 saturated heterocycles. The van der Waals surface area contributed by atoms with E-state index in [2.05, 4.69) is 23.2 Å². The SMILES string of the molecule is CCCC1CCN(c2ccc(CNC3CC3)cc2F)CC1. The van der Waals surface area contributed by atoms with E-state index in [1.54, 1.807) is 6.07 Å². The molecule has 2 nitrogen and oxygen atoms in total. The zero-order chi connectivity index (χ0) is 14.7. The molecule has 3 rings (SSSR count). The van der Waals surface area contributed by atoms with E-state index < -0.39 is 0 Å². The molecule has 0 radical (unpaired) electrons. The van der Waals surface area contributed by atoms with E-state index in [4.69, 9.17) is 0 Å². The van der Waals surface area contributed by atoms with Crippen molar-refractivity contribution in [2.24, 2.45) is 5.92 Å². The number of anilines is 1. The first-order valence-corrected chi connectivity index (χ1v) is 8.53. The highest BCUT2D eigenvalue weighted by Gasteiger charge is 2.22. The number of benzene rings is 1. The van der Waals surface area contributed by atoms with Crippen molar-refractivity contribution in [3.05, 3.63) is 29.6 Å². The fourth-order valence-corrected chi connectivity index (χ4v) is 3.34. The normalized spacial score (nSPS) is 20.0. The van der Waals surface area contributed by atoms with Gasteiger partial charge in [0.2, 0.25) is 0 Å². The maximum absolute atomic E-state index is 14.4. The Morgan fingerprint density at radius 1 is 1.19 bits per heavy atom. The molecule has 1 aromatic rings. The summed E-state index contributed by atoms with van der Waals surface area (Å²) in [4.78, 5) is 2.22. The molecule has 1 aliphatic carbocycles. The molecule has 2 aliphatic rings. The largest absolute Gasteiger partial charge is 0.369 e. The summed E-state index contributed by atoms with van der Waals surface area (Å²) in [7, 11) is 0. The van der Waals surface area contributed by atoms with Crippen molar-refractivity contribution in [2.45, 2.75) is 58.0 Å². The molecule has 0 amide bonds. The van der Waals surface area contributed by atoms with E-state index in [9.17, 15) is 4.39 Å². The Balaban J connectivity index is 1.57. The molecule has 1 aliphatic heterocycles. The van der Waals surface area contributed by atoms with Gasteiger partial charge in [0, 0.05) is 25.7 Å². The summed E-state index contributed by atoms with van der Waals surface area (Å²) in [5.41, 5.74) is 1.85. The Morgan fingerprint density at radius 3 is 2.57 bits per heavy atom. The number of rotatable bonds is 6. The minimum Gasteiger partial charge on any atom is -0.369 e. The van der Waals surface area contributed by atoms with Crippen LogP contribution in [0, 0.1) is 11.7 Å². The van der Waals surface area contributed by atoms with Gasteiger partial charge in [-0.3, -0.25) is 0 Å². The van der Waals surface area contributed by atoms with Gasteiger partial charge in [0.25, 0.3) is 0 Å². The van der Waals surface area contributed by atoms with Crippen LogP contribution in [-0.2, 0) is 6.54 Å². The topological polar surface area (TPSA) is 15.3 Å². The molecule has 1 heterocycles. The smallest absolute Gasteiger partial charge is 0.146 e. The third kappa shape index (κ3) is 3.97. The highest BCUT2D eigenvalue weighted by molar-refractivity contribution is 5.49. The average Bonchev–Trinajstić information content (AvgIpc) is 3.31. The molecule has 1 aromatic carbocycles. The van der Waals surface area contributed by atoms with E-state index >= 15 is 0 Å². The van der Waals surface area contributed by atoms with Crippen molar-refractivity contribution < 1.29 is 4.39 Å². The Morgan fingerprint density at radius 2 is 1.95 bits per heavy atom. The Hall–Kier alpha value is -1.09. The average molecular weight is 290 g/mol. The first kappa shape index (κ1) is 14.8. The van der Waals surface area contributed by atoms with Crippen molar-refractivity contribution in [1.29, 1.82) is 0 Å². The summed E-state index contributed by atoms with van der Waals surface area (Å²) >= 11 is 0. The molecule has 1 N–H and O–H groups in total. The molecule has 1 saturated carbocycles. The molecule has 0 bridgehead atoms. The highest BCUT2D eigenvalue weighted by Crippen LogP contribution is 2.28. The van der Waals surface area contributed by atoms with E-state index in [1.165, 1.54) is 38.5 Å². The Bertz CT molecular complexity index is 462. The molecular formula is C18H27FN2. The van der Waals surface area contributed by atoms with Gasteiger partial charge in [-0.25, -0.2) is 4.39 Å². The van der Waals surface area contributed by atoms with Crippen LogP contribution in [0.4, 0.5) is 10.1 Å². The molecule has 3 heteroatoms. The second-order valence-electron chi connectivity index (χ2n) is 6.66. The molecule has 0 aromatic heterocycles. The minimum absolute atomic E-state index is 0.0564. The van der Waals surface area contributed by atoms with Gasteiger partial charge < -0.3 is 10.2 Å². The fourth-order valence-electron chi connectivity index (χ4n) is 3.34. The van der Waals surface area contributed by atoms with Gasteiger partial charge in [0.05, 0.1) is 5.69 Å². The fraction of sp³-hybridized carbons (Fsp3) is 0.667. The number of piperidine rings is 1. The van der Waals surface area contributed by atoms with Crippen LogP contribution >= 0.6 is 0 Å². The lowest BCUT2D eigenvalue weighted by Crippen LogP contribution is -2.34. The van der Waals surface area contributed by atoms with E-state index in [-0.39, 0.29) is 5.82 Å². The van der Waals surface area contributed by atoms with E-state index in [0.717, 1.165) is 36.8 Å². The number of halogens is 1. The van der Waals surface area contributed by atoms with Crippen LogP contribution in [0.2, 0.25) is 0 Å². The Labute approximate surface area is 127 Å². The molecule has 116 valence electrons. The highest BCUT2D eigenvalue weighted by atomic mass is 19.1. The minimum atomic E-state index is -0.0564. The lowest BCUT2D eigenvalue weighted by atomic mass is 9.92. The summed E-state index contributed by atoms with van der Waals surface area (Å²) in [6, 6.07) is 6.43. The zero-order valence-electron chi connectivity index (χ0n) is 13.1. The molecule has 0 unspecified atom stereocenters. The third-order valence-electron chi connectivity index (χ3n) is 4.84.